The molecule has 1 amide bonds. The molecule has 0 spiro atoms. The van der Waals surface area contributed by atoms with E-state index in [9.17, 15) is 24.5 Å². The number of nitrogens with one attached hydrogen (secondary N) is 1. The third-order valence-corrected chi connectivity index (χ3v) is 7.41. The number of aliphatic hydroxyl groups is 2. The number of unbranched alkanes of at least 4 members (excludes halogenated alkanes) is 9. The van der Waals surface area contributed by atoms with Crippen molar-refractivity contribution in [2.24, 2.45) is 0 Å². The van der Waals surface area contributed by atoms with Gasteiger partial charge in [0, 0.05) is 6.54 Å². The summed E-state index contributed by atoms with van der Waals surface area (Å²) in [5.74, 6) is -4.23. The molecule has 1 aromatic carbocycles. The number of phenolic OH excluding ortho intramolecular Hbond substituents is 1. The van der Waals surface area contributed by atoms with E-state index in [0.717, 1.165) is 25.3 Å². The average molecular weight is 540 g/mol. The predicted octanol–water partition coefficient (Wildman–Crippen LogP) is 4.47. The molecule has 1 unspecified atom stereocenters. The van der Waals surface area contributed by atoms with E-state index in [1.54, 1.807) is 13.8 Å². The zero-order chi connectivity index (χ0) is 27.8. The van der Waals surface area contributed by atoms with Gasteiger partial charge in [-0.05, 0) is 38.0 Å². The monoisotopic (exact) mass is 539 g/mol. The van der Waals surface area contributed by atoms with Crippen molar-refractivity contribution in [1.82, 2.24) is 5.32 Å². The van der Waals surface area contributed by atoms with E-state index in [4.69, 9.17) is 14.2 Å². The summed E-state index contributed by atoms with van der Waals surface area (Å²) in [6, 6.07) is 3.76. The van der Waals surface area contributed by atoms with Crippen LogP contribution in [-0.2, 0) is 25.4 Å². The fourth-order valence-electron chi connectivity index (χ4n) is 5.40. The molecular formula is C29H46FNO7. The summed E-state index contributed by atoms with van der Waals surface area (Å²) in [6.45, 7) is 5.62. The fraction of sp³-hybridized carbons (Fsp3) is 0.759. The van der Waals surface area contributed by atoms with Gasteiger partial charge in [0.15, 0.2) is 17.4 Å². The van der Waals surface area contributed by atoms with Gasteiger partial charge < -0.3 is 34.8 Å². The van der Waals surface area contributed by atoms with Crippen molar-refractivity contribution in [2.75, 3.05) is 6.54 Å². The Morgan fingerprint density at radius 3 is 2.32 bits per heavy atom. The van der Waals surface area contributed by atoms with E-state index in [-0.39, 0.29) is 13.0 Å². The molecular weight excluding hydrogens is 493 g/mol. The van der Waals surface area contributed by atoms with Crippen molar-refractivity contribution in [3.63, 3.8) is 0 Å². The second-order valence-electron chi connectivity index (χ2n) is 11.2. The van der Waals surface area contributed by atoms with Crippen molar-refractivity contribution in [3.8, 4) is 5.75 Å². The van der Waals surface area contributed by atoms with Gasteiger partial charge in [0.2, 0.25) is 11.7 Å². The van der Waals surface area contributed by atoms with Gasteiger partial charge in [-0.1, -0.05) is 77.2 Å². The summed E-state index contributed by atoms with van der Waals surface area (Å²) >= 11 is 0. The van der Waals surface area contributed by atoms with Crippen LogP contribution in [0.4, 0.5) is 4.39 Å². The lowest BCUT2D eigenvalue weighted by molar-refractivity contribution is -0.294. The minimum atomic E-state index is -1.52. The van der Waals surface area contributed by atoms with Crippen LogP contribution in [0.3, 0.4) is 0 Å². The van der Waals surface area contributed by atoms with Crippen molar-refractivity contribution < 1.29 is 38.7 Å². The number of amides is 1. The summed E-state index contributed by atoms with van der Waals surface area (Å²) in [4.78, 5) is 12.4. The SMILES string of the molecule is CCCCCCCCCCCCC(O)[C@@]12O[C@@H](CNC(=O)Cc3ccc(O)c(F)c3)[C@@H](O)[C@@H]1OC(C)(C)O2. The lowest BCUT2D eigenvalue weighted by Crippen LogP contribution is -2.50. The maximum atomic E-state index is 13.6. The molecule has 38 heavy (non-hydrogen) atoms. The average Bonchev–Trinajstić information content (AvgIpc) is 3.29. The number of benzene rings is 1. The zero-order valence-corrected chi connectivity index (χ0v) is 23.1. The number of carbonyl (C=O) groups excluding carboxylic acids is 1. The van der Waals surface area contributed by atoms with Crippen molar-refractivity contribution in [2.45, 2.75) is 134 Å². The third-order valence-electron chi connectivity index (χ3n) is 7.41. The molecule has 0 bridgehead atoms. The normalized spacial score (nSPS) is 26.8. The van der Waals surface area contributed by atoms with Crippen molar-refractivity contribution in [1.29, 1.82) is 0 Å². The number of aliphatic hydroxyl groups excluding tert-OH is 2. The Balaban J connectivity index is 1.46. The quantitative estimate of drug-likeness (QED) is 0.229. The van der Waals surface area contributed by atoms with Gasteiger partial charge in [0.05, 0.1) is 6.42 Å². The van der Waals surface area contributed by atoms with Gasteiger partial charge in [-0.2, -0.15) is 0 Å². The number of rotatable bonds is 16. The molecule has 4 N–H and O–H groups in total. The van der Waals surface area contributed by atoms with Crippen LogP contribution in [0, 0.1) is 5.82 Å². The van der Waals surface area contributed by atoms with Crippen LogP contribution in [0.5, 0.6) is 5.75 Å². The molecule has 5 atom stereocenters. The Morgan fingerprint density at radius 1 is 1.05 bits per heavy atom. The number of halogens is 1. The smallest absolute Gasteiger partial charge is 0.227 e. The van der Waals surface area contributed by atoms with Gasteiger partial charge in [-0.15, -0.1) is 0 Å². The molecule has 9 heteroatoms. The minimum absolute atomic E-state index is 0.0308. The summed E-state index contributed by atoms with van der Waals surface area (Å²) in [5, 5.41) is 34.1. The molecule has 3 rings (SSSR count). The van der Waals surface area contributed by atoms with E-state index < -0.39 is 53.5 Å². The van der Waals surface area contributed by atoms with Crippen LogP contribution in [0.1, 0.15) is 97.0 Å². The Bertz CT molecular complexity index is 898. The number of hydrogen-bond donors (Lipinski definition) is 4. The first-order valence-corrected chi connectivity index (χ1v) is 14.2. The van der Waals surface area contributed by atoms with Gasteiger partial charge in [-0.25, -0.2) is 4.39 Å². The largest absolute Gasteiger partial charge is 0.505 e. The molecule has 2 aliphatic rings. The zero-order valence-electron chi connectivity index (χ0n) is 23.1. The topological polar surface area (TPSA) is 117 Å². The molecule has 2 aliphatic heterocycles. The Hall–Kier alpha value is -1.78. The van der Waals surface area contributed by atoms with Crippen LogP contribution < -0.4 is 5.32 Å². The molecule has 0 aromatic heterocycles. The van der Waals surface area contributed by atoms with Crippen LogP contribution in [0.2, 0.25) is 0 Å². The van der Waals surface area contributed by atoms with E-state index >= 15 is 0 Å². The predicted molar refractivity (Wildman–Crippen MR) is 141 cm³/mol. The first kappa shape index (κ1) is 30.8. The molecule has 0 radical (unpaired) electrons. The molecule has 1 aromatic rings. The first-order chi connectivity index (χ1) is 18.1. The van der Waals surface area contributed by atoms with Gasteiger partial charge >= 0.3 is 0 Å². The summed E-state index contributed by atoms with van der Waals surface area (Å²) in [7, 11) is 0. The van der Waals surface area contributed by atoms with Gasteiger partial charge in [0.1, 0.15) is 24.4 Å². The molecule has 216 valence electrons. The number of fused-ring (bicyclic) bond motifs is 1. The number of ether oxygens (including phenoxy) is 3. The minimum Gasteiger partial charge on any atom is -0.505 e. The van der Waals surface area contributed by atoms with Gasteiger partial charge in [-0.3, -0.25) is 4.79 Å². The molecule has 0 aliphatic carbocycles. The summed E-state index contributed by atoms with van der Waals surface area (Å²) < 4.78 is 31.7. The number of aromatic hydroxyl groups is 1. The lowest BCUT2D eigenvalue weighted by Gasteiger charge is -2.33. The van der Waals surface area contributed by atoms with Crippen LogP contribution in [-0.4, -0.2) is 63.8 Å². The number of hydrogen-bond acceptors (Lipinski definition) is 7. The van der Waals surface area contributed by atoms with Crippen LogP contribution >= 0.6 is 0 Å². The molecule has 2 heterocycles. The van der Waals surface area contributed by atoms with Crippen molar-refractivity contribution in [3.05, 3.63) is 29.6 Å². The Kier molecular flexibility index (Phi) is 11.4. The number of carbonyl (C=O) groups is 1. The molecule has 2 saturated heterocycles. The molecule has 0 saturated carbocycles. The highest BCUT2D eigenvalue weighted by molar-refractivity contribution is 5.78. The lowest BCUT2D eigenvalue weighted by atomic mass is 9.96. The highest BCUT2D eigenvalue weighted by atomic mass is 19.1. The molecule has 2 fully saturated rings. The van der Waals surface area contributed by atoms with Crippen LogP contribution in [0.15, 0.2) is 18.2 Å². The van der Waals surface area contributed by atoms with E-state index in [2.05, 4.69) is 12.2 Å². The Labute approximate surface area is 225 Å². The van der Waals surface area contributed by atoms with Gasteiger partial charge in [0.25, 0.3) is 0 Å². The highest BCUT2D eigenvalue weighted by Crippen LogP contribution is 2.48. The van der Waals surface area contributed by atoms with E-state index in [1.807, 2.05) is 0 Å². The maximum absolute atomic E-state index is 13.6. The fourth-order valence-corrected chi connectivity index (χ4v) is 5.40. The maximum Gasteiger partial charge on any atom is 0.227 e. The molecule has 8 nitrogen and oxygen atoms in total. The summed E-state index contributed by atoms with van der Waals surface area (Å²) in [5.41, 5.74) is 0.402. The third kappa shape index (κ3) is 8.11. The first-order valence-electron chi connectivity index (χ1n) is 14.2. The Morgan fingerprint density at radius 2 is 1.68 bits per heavy atom. The second kappa shape index (κ2) is 14.0. The standard InChI is InChI=1S/C29H46FNO7/c1-4-5-6-7-8-9-10-11-12-13-14-24(33)29-27(37-28(2,3)38-29)26(35)23(36-29)19-31-25(34)18-20-15-16-22(32)21(30)17-20/h15-17,23-24,26-27,32-33,35H,4-14,18-19H2,1-3H3,(H,31,34)/t23-,24?,26+,27-,29-/m0/s1. The van der Waals surface area contributed by atoms with Crippen LogP contribution in [0.25, 0.3) is 0 Å². The number of phenols is 1. The summed E-state index contributed by atoms with van der Waals surface area (Å²) in [6.07, 6.45) is 8.31. The van der Waals surface area contributed by atoms with E-state index in [0.29, 0.717) is 12.0 Å². The van der Waals surface area contributed by atoms with E-state index in [1.165, 1.54) is 57.1 Å². The van der Waals surface area contributed by atoms with Crippen molar-refractivity contribution >= 4 is 5.91 Å². The highest BCUT2D eigenvalue weighted by Gasteiger charge is 2.67. The second-order valence-corrected chi connectivity index (χ2v) is 11.2.